The summed E-state index contributed by atoms with van der Waals surface area (Å²) in [5, 5.41) is 0. The molecule has 6 heteroatoms. The monoisotopic (exact) mass is 285 g/mol. The first-order valence-electron chi connectivity index (χ1n) is 5.31. The van der Waals surface area contributed by atoms with Crippen molar-refractivity contribution < 1.29 is 17.9 Å². The summed E-state index contributed by atoms with van der Waals surface area (Å²) in [6, 6.07) is 8.85. The summed E-state index contributed by atoms with van der Waals surface area (Å²) in [5.74, 6) is -3.18. The van der Waals surface area contributed by atoms with Crippen LogP contribution in [0.5, 0.6) is 5.75 Å². The molecule has 0 radical (unpaired) electrons. The minimum absolute atomic E-state index is 0.243. The van der Waals surface area contributed by atoms with E-state index in [1.54, 1.807) is 31.4 Å². The standard InChI is InChI=1S/C13H10F3NOS/c1-18-9-4-2-8(3-5-9)17-19-10-6-11(14)13(16)12(15)7-10/h2-7,17H,1H3. The van der Waals surface area contributed by atoms with Crippen molar-refractivity contribution in [2.24, 2.45) is 0 Å². The second-order valence-corrected chi connectivity index (χ2v) is 4.51. The van der Waals surface area contributed by atoms with Crippen LogP contribution in [0.1, 0.15) is 0 Å². The number of methoxy groups -OCH3 is 1. The number of ether oxygens (including phenoxy) is 1. The summed E-state index contributed by atoms with van der Waals surface area (Å²) in [6.45, 7) is 0. The average Bonchev–Trinajstić information content (AvgIpc) is 2.43. The smallest absolute Gasteiger partial charge is 0.194 e. The Hall–Kier alpha value is -1.82. The van der Waals surface area contributed by atoms with Gasteiger partial charge in [0.15, 0.2) is 17.5 Å². The molecule has 0 bridgehead atoms. The second kappa shape index (κ2) is 5.88. The van der Waals surface area contributed by atoms with Crippen LogP contribution in [0.3, 0.4) is 0 Å². The second-order valence-electron chi connectivity index (χ2n) is 3.63. The van der Waals surface area contributed by atoms with E-state index in [0.29, 0.717) is 5.75 Å². The molecule has 100 valence electrons. The molecular formula is C13H10F3NOS. The van der Waals surface area contributed by atoms with Gasteiger partial charge in [-0.25, -0.2) is 13.2 Å². The Kier molecular flexibility index (Phi) is 4.21. The summed E-state index contributed by atoms with van der Waals surface area (Å²) in [6.07, 6.45) is 0. The van der Waals surface area contributed by atoms with Crippen molar-refractivity contribution in [3.05, 3.63) is 53.8 Å². The van der Waals surface area contributed by atoms with Crippen LogP contribution >= 0.6 is 11.9 Å². The molecule has 0 unspecified atom stereocenters. The van der Waals surface area contributed by atoms with Crippen LogP contribution in [0.25, 0.3) is 0 Å². The van der Waals surface area contributed by atoms with Gasteiger partial charge in [0.1, 0.15) is 5.75 Å². The van der Waals surface area contributed by atoms with Gasteiger partial charge in [0.2, 0.25) is 0 Å². The zero-order valence-corrected chi connectivity index (χ0v) is 10.7. The predicted octanol–water partition coefficient (Wildman–Crippen LogP) is 4.23. The van der Waals surface area contributed by atoms with Gasteiger partial charge in [-0.2, -0.15) is 0 Å². The molecule has 0 heterocycles. The van der Waals surface area contributed by atoms with E-state index in [4.69, 9.17) is 4.74 Å². The molecule has 0 aliphatic heterocycles. The molecule has 2 aromatic rings. The van der Waals surface area contributed by atoms with Crippen molar-refractivity contribution in [1.29, 1.82) is 0 Å². The van der Waals surface area contributed by atoms with Gasteiger partial charge < -0.3 is 9.46 Å². The molecule has 1 N–H and O–H groups in total. The zero-order valence-electron chi connectivity index (χ0n) is 9.91. The van der Waals surface area contributed by atoms with Crippen LogP contribution < -0.4 is 9.46 Å². The van der Waals surface area contributed by atoms with E-state index in [-0.39, 0.29) is 4.90 Å². The van der Waals surface area contributed by atoms with E-state index in [1.807, 2.05) is 0 Å². The van der Waals surface area contributed by atoms with E-state index < -0.39 is 17.5 Å². The van der Waals surface area contributed by atoms with Crippen molar-refractivity contribution >= 4 is 17.6 Å². The van der Waals surface area contributed by atoms with Gasteiger partial charge in [0.05, 0.1) is 7.11 Å². The quantitative estimate of drug-likeness (QED) is 0.671. The highest BCUT2D eigenvalue weighted by molar-refractivity contribution is 8.00. The van der Waals surface area contributed by atoms with Crippen molar-refractivity contribution in [3.8, 4) is 5.75 Å². The lowest BCUT2D eigenvalue weighted by molar-refractivity contribution is 0.415. The molecule has 0 aromatic heterocycles. The van der Waals surface area contributed by atoms with Gasteiger partial charge >= 0.3 is 0 Å². The molecule has 0 aliphatic rings. The highest BCUT2D eigenvalue weighted by Gasteiger charge is 2.10. The van der Waals surface area contributed by atoms with Crippen molar-refractivity contribution in [1.82, 2.24) is 0 Å². The third-order valence-corrected chi connectivity index (χ3v) is 3.14. The largest absolute Gasteiger partial charge is 0.497 e. The van der Waals surface area contributed by atoms with Gasteiger partial charge in [-0.05, 0) is 48.3 Å². The van der Waals surface area contributed by atoms with Crippen LogP contribution in [0.2, 0.25) is 0 Å². The van der Waals surface area contributed by atoms with E-state index in [9.17, 15) is 13.2 Å². The zero-order chi connectivity index (χ0) is 13.8. The van der Waals surface area contributed by atoms with E-state index in [1.165, 1.54) is 0 Å². The Morgan fingerprint density at radius 1 is 1.00 bits per heavy atom. The topological polar surface area (TPSA) is 21.3 Å². The Morgan fingerprint density at radius 2 is 1.58 bits per heavy atom. The lowest BCUT2D eigenvalue weighted by atomic mass is 10.3. The van der Waals surface area contributed by atoms with Crippen molar-refractivity contribution in [2.75, 3.05) is 11.8 Å². The maximum atomic E-state index is 13.0. The molecule has 2 rings (SSSR count). The van der Waals surface area contributed by atoms with Crippen LogP contribution in [-0.2, 0) is 0 Å². The van der Waals surface area contributed by atoms with Gasteiger partial charge in [0, 0.05) is 10.6 Å². The van der Waals surface area contributed by atoms with Gasteiger partial charge in [-0.3, -0.25) is 0 Å². The maximum absolute atomic E-state index is 13.0. The van der Waals surface area contributed by atoms with Gasteiger partial charge in [-0.1, -0.05) is 0 Å². The highest BCUT2D eigenvalue weighted by Crippen LogP contribution is 2.25. The number of hydrogen-bond donors (Lipinski definition) is 1. The van der Waals surface area contributed by atoms with Crippen molar-refractivity contribution in [2.45, 2.75) is 4.90 Å². The number of hydrogen-bond acceptors (Lipinski definition) is 3. The molecule has 0 atom stereocenters. The van der Waals surface area contributed by atoms with Crippen LogP contribution in [-0.4, -0.2) is 7.11 Å². The number of nitrogens with one attached hydrogen (secondary N) is 1. The number of anilines is 1. The molecule has 2 aromatic carbocycles. The first-order valence-corrected chi connectivity index (χ1v) is 6.13. The molecule has 2 nitrogen and oxygen atoms in total. The minimum Gasteiger partial charge on any atom is -0.497 e. The van der Waals surface area contributed by atoms with Crippen molar-refractivity contribution in [3.63, 3.8) is 0 Å². The molecule has 0 saturated carbocycles. The third-order valence-electron chi connectivity index (χ3n) is 2.33. The normalized spacial score (nSPS) is 10.3. The lowest BCUT2D eigenvalue weighted by Gasteiger charge is -2.07. The third kappa shape index (κ3) is 3.35. The summed E-state index contributed by atoms with van der Waals surface area (Å²) >= 11 is 0.987. The Morgan fingerprint density at radius 3 is 2.11 bits per heavy atom. The molecule has 0 fully saturated rings. The lowest BCUT2D eigenvalue weighted by Crippen LogP contribution is -1.93. The highest BCUT2D eigenvalue weighted by atomic mass is 32.2. The Balaban J connectivity index is 2.05. The average molecular weight is 285 g/mol. The van der Waals surface area contributed by atoms with E-state index in [2.05, 4.69) is 4.72 Å². The Bertz CT molecular complexity index is 552. The summed E-state index contributed by atoms with van der Waals surface area (Å²) in [4.78, 5) is 0.243. The first kappa shape index (κ1) is 13.6. The summed E-state index contributed by atoms with van der Waals surface area (Å²) in [7, 11) is 1.56. The van der Waals surface area contributed by atoms with Gasteiger partial charge in [-0.15, -0.1) is 0 Å². The SMILES string of the molecule is COc1ccc(NSc2cc(F)c(F)c(F)c2)cc1. The summed E-state index contributed by atoms with van der Waals surface area (Å²) in [5.41, 5.74) is 0.732. The van der Waals surface area contributed by atoms with E-state index in [0.717, 1.165) is 29.8 Å². The number of rotatable bonds is 4. The fraction of sp³-hybridized carbons (Fsp3) is 0.0769. The molecule has 0 aliphatic carbocycles. The number of benzene rings is 2. The Labute approximate surface area is 112 Å². The molecule has 0 spiro atoms. The number of halogens is 3. The van der Waals surface area contributed by atoms with Crippen LogP contribution in [0.15, 0.2) is 41.3 Å². The minimum atomic E-state index is -1.46. The maximum Gasteiger partial charge on any atom is 0.194 e. The molecule has 19 heavy (non-hydrogen) atoms. The molecular weight excluding hydrogens is 275 g/mol. The fourth-order valence-electron chi connectivity index (χ4n) is 1.37. The van der Waals surface area contributed by atoms with E-state index >= 15 is 0 Å². The van der Waals surface area contributed by atoms with Crippen LogP contribution in [0.4, 0.5) is 18.9 Å². The van der Waals surface area contributed by atoms with Gasteiger partial charge in [0.25, 0.3) is 0 Å². The molecule has 0 saturated heterocycles. The summed E-state index contributed by atoms with van der Waals surface area (Å²) < 4.78 is 46.6. The fourth-order valence-corrected chi connectivity index (χ4v) is 2.06. The van der Waals surface area contributed by atoms with Crippen LogP contribution in [0, 0.1) is 17.5 Å². The predicted molar refractivity (Wildman–Crippen MR) is 68.8 cm³/mol. The molecule has 0 amide bonds. The first-order chi connectivity index (χ1) is 9.10.